The minimum Gasteiger partial charge on any atom is -0.497 e. The maximum atomic E-state index is 12.1. The summed E-state index contributed by atoms with van der Waals surface area (Å²) in [5.74, 6) is -1.58. The van der Waals surface area contributed by atoms with E-state index in [0.29, 0.717) is 21.5 Å². The van der Waals surface area contributed by atoms with Crippen molar-refractivity contribution in [3.63, 3.8) is 0 Å². The summed E-state index contributed by atoms with van der Waals surface area (Å²) in [5.41, 5.74) is 1.28. The maximum Gasteiger partial charge on any atom is 0.307 e. The molecule has 0 radical (unpaired) electrons. The van der Waals surface area contributed by atoms with Crippen LogP contribution in [0.2, 0.25) is 10.0 Å². The molecule has 0 fully saturated rings. The zero-order valence-corrected chi connectivity index (χ0v) is 15.0. The van der Waals surface area contributed by atoms with Crippen molar-refractivity contribution in [3.8, 4) is 5.75 Å². The van der Waals surface area contributed by atoms with Crippen LogP contribution in [-0.4, -0.2) is 24.1 Å². The predicted molar refractivity (Wildman–Crippen MR) is 97.5 cm³/mol. The Kier molecular flexibility index (Phi) is 6.67. The summed E-state index contributed by atoms with van der Waals surface area (Å²) in [5, 5.41) is 12.7. The topological polar surface area (TPSA) is 75.6 Å². The lowest BCUT2D eigenvalue weighted by Crippen LogP contribution is -2.24. The number of carbonyl (C=O) groups is 2. The van der Waals surface area contributed by atoms with Gasteiger partial charge in [0.2, 0.25) is 5.91 Å². The number of ether oxygens (including phenoxy) is 1. The molecule has 132 valence electrons. The zero-order chi connectivity index (χ0) is 18.4. The lowest BCUT2D eigenvalue weighted by Gasteiger charge is -2.13. The molecule has 1 atom stereocenters. The van der Waals surface area contributed by atoms with Gasteiger partial charge in [-0.2, -0.15) is 0 Å². The Labute approximate surface area is 155 Å². The van der Waals surface area contributed by atoms with Crippen molar-refractivity contribution in [3.05, 3.63) is 58.1 Å². The molecule has 0 aromatic heterocycles. The number of nitrogens with one attached hydrogen (secondary N) is 1. The second-order valence-electron chi connectivity index (χ2n) is 5.47. The average Bonchev–Trinajstić information content (AvgIpc) is 2.58. The van der Waals surface area contributed by atoms with E-state index in [4.69, 9.17) is 27.9 Å². The highest BCUT2D eigenvalue weighted by molar-refractivity contribution is 6.42. The molecule has 1 unspecified atom stereocenters. The Morgan fingerprint density at radius 1 is 1.12 bits per heavy atom. The number of aliphatic carboxylic acids is 1. The summed E-state index contributed by atoms with van der Waals surface area (Å²) >= 11 is 11.7. The van der Waals surface area contributed by atoms with Crippen LogP contribution in [0.3, 0.4) is 0 Å². The zero-order valence-electron chi connectivity index (χ0n) is 13.5. The van der Waals surface area contributed by atoms with Gasteiger partial charge >= 0.3 is 5.97 Å². The van der Waals surface area contributed by atoms with Gasteiger partial charge in [-0.25, -0.2) is 0 Å². The van der Waals surface area contributed by atoms with Crippen LogP contribution in [0.25, 0.3) is 0 Å². The molecule has 0 aliphatic heterocycles. The van der Waals surface area contributed by atoms with Crippen LogP contribution in [0.5, 0.6) is 5.75 Å². The van der Waals surface area contributed by atoms with Crippen LogP contribution >= 0.6 is 23.2 Å². The van der Waals surface area contributed by atoms with E-state index in [1.54, 1.807) is 43.5 Å². The highest BCUT2D eigenvalue weighted by atomic mass is 35.5. The van der Waals surface area contributed by atoms with Crippen molar-refractivity contribution in [2.75, 3.05) is 12.4 Å². The monoisotopic (exact) mass is 381 g/mol. The van der Waals surface area contributed by atoms with Crippen LogP contribution in [0.4, 0.5) is 5.69 Å². The average molecular weight is 382 g/mol. The van der Waals surface area contributed by atoms with Gasteiger partial charge in [0.25, 0.3) is 0 Å². The fraction of sp³-hybridized carbons (Fsp3) is 0.222. The Hall–Kier alpha value is -2.24. The number of hydrogen-bond acceptors (Lipinski definition) is 3. The SMILES string of the molecule is COc1ccc(CC(CC(=O)Nc2ccc(Cl)c(Cl)c2)C(=O)O)cc1. The first-order valence-electron chi connectivity index (χ1n) is 7.49. The van der Waals surface area contributed by atoms with E-state index >= 15 is 0 Å². The lowest BCUT2D eigenvalue weighted by molar-refractivity contribution is -0.143. The Balaban J connectivity index is 2.00. The molecule has 0 aliphatic rings. The fourth-order valence-corrected chi connectivity index (χ4v) is 2.60. The second kappa shape index (κ2) is 8.74. The first kappa shape index (κ1) is 19.1. The van der Waals surface area contributed by atoms with Gasteiger partial charge in [0, 0.05) is 12.1 Å². The summed E-state index contributed by atoms with van der Waals surface area (Å²) in [6.07, 6.45) is 0.0930. The van der Waals surface area contributed by atoms with Gasteiger partial charge < -0.3 is 15.2 Å². The number of hydrogen-bond donors (Lipinski definition) is 2. The van der Waals surface area contributed by atoms with Gasteiger partial charge in [0.15, 0.2) is 0 Å². The molecular weight excluding hydrogens is 365 g/mol. The fourth-order valence-electron chi connectivity index (χ4n) is 2.30. The van der Waals surface area contributed by atoms with Crippen molar-refractivity contribution in [1.29, 1.82) is 0 Å². The molecule has 2 aromatic carbocycles. The van der Waals surface area contributed by atoms with Crippen LogP contribution in [0, 0.1) is 5.92 Å². The minimum absolute atomic E-state index is 0.151. The minimum atomic E-state index is -1.03. The molecule has 0 saturated carbocycles. The highest BCUT2D eigenvalue weighted by Gasteiger charge is 2.22. The van der Waals surface area contributed by atoms with Gasteiger partial charge in [-0.15, -0.1) is 0 Å². The first-order valence-corrected chi connectivity index (χ1v) is 8.25. The summed E-state index contributed by atoms with van der Waals surface area (Å²) in [6, 6.07) is 11.8. The highest BCUT2D eigenvalue weighted by Crippen LogP contribution is 2.25. The number of rotatable bonds is 7. The molecule has 5 nitrogen and oxygen atoms in total. The maximum absolute atomic E-state index is 12.1. The third kappa shape index (κ3) is 5.66. The molecule has 0 heterocycles. The van der Waals surface area contributed by atoms with Crippen molar-refractivity contribution in [2.24, 2.45) is 5.92 Å². The lowest BCUT2D eigenvalue weighted by atomic mass is 9.96. The van der Waals surface area contributed by atoms with Gasteiger partial charge in [-0.3, -0.25) is 9.59 Å². The quantitative estimate of drug-likeness (QED) is 0.750. The van der Waals surface area contributed by atoms with Crippen LogP contribution in [0.1, 0.15) is 12.0 Å². The molecule has 0 aliphatic carbocycles. The smallest absolute Gasteiger partial charge is 0.307 e. The van der Waals surface area contributed by atoms with E-state index in [0.717, 1.165) is 5.56 Å². The van der Waals surface area contributed by atoms with Crippen LogP contribution in [0.15, 0.2) is 42.5 Å². The predicted octanol–water partition coefficient (Wildman–Crippen LogP) is 4.27. The number of halogens is 2. The van der Waals surface area contributed by atoms with E-state index in [1.807, 2.05) is 0 Å². The molecule has 0 saturated heterocycles. The van der Waals surface area contributed by atoms with Gasteiger partial charge in [-0.1, -0.05) is 35.3 Å². The Bertz CT molecular complexity index is 762. The third-order valence-electron chi connectivity index (χ3n) is 3.63. The van der Waals surface area contributed by atoms with Gasteiger partial charge in [0.1, 0.15) is 5.75 Å². The molecular formula is C18H17Cl2NO4. The second-order valence-corrected chi connectivity index (χ2v) is 6.28. The first-order chi connectivity index (χ1) is 11.9. The molecule has 7 heteroatoms. The number of carboxylic acids is 1. The van der Waals surface area contributed by atoms with Crippen molar-refractivity contribution in [2.45, 2.75) is 12.8 Å². The van der Waals surface area contributed by atoms with Gasteiger partial charge in [-0.05, 0) is 42.3 Å². The van der Waals surface area contributed by atoms with E-state index < -0.39 is 17.8 Å². The summed E-state index contributed by atoms with van der Waals surface area (Å²) in [6.45, 7) is 0. The summed E-state index contributed by atoms with van der Waals surface area (Å²) < 4.78 is 5.07. The number of methoxy groups -OCH3 is 1. The summed E-state index contributed by atoms with van der Waals surface area (Å²) in [7, 11) is 1.56. The van der Waals surface area contributed by atoms with Crippen molar-refractivity contribution in [1.82, 2.24) is 0 Å². The number of anilines is 1. The normalized spacial score (nSPS) is 11.6. The molecule has 2 N–H and O–H groups in total. The standard InChI is InChI=1S/C18H17Cl2NO4/c1-25-14-5-2-11(3-6-14)8-12(18(23)24)9-17(22)21-13-4-7-15(19)16(20)10-13/h2-7,10,12H,8-9H2,1H3,(H,21,22)(H,23,24). The molecule has 0 bridgehead atoms. The van der Waals surface area contributed by atoms with Gasteiger partial charge in [0.05, 0.1) is 23.1 Å². The molecule has 25 heavy (non-hydrogen) atoms. The summed E-state index contributed by atoms with van der Waals surface area (Å²) in [4.78, 5) is 23.6. The number of amides is 1. The van der Waals surface area contributed by atoms with Crippen LogP contribution < -0.4 is 10.1 Å². The van der Waals surface area contributed by atoms with Crippen molar-refractivity contribution < 1.29 is 19.4 Å². The molecule has 2 aromatic rings. The van der Waals surface area contributed by atoms with E-state index in [9.17, 15) is 14.7 Å². The van der Waals surface area contributed by atoms with Crippen LogP contribution in [-0.2, 0) is 16.0 Å². The number of carboxylic acid groups (broad SMARTS) is 1. The van der Waals surface area contributed by atoms with E-state index in [2.05, 4.69) is 5.32 Å². The number of benzene rings is 2. The third-order valence-corrected chi connectivity index (χ3v) is 4.36. The molecule has 2 rings (SSSR count). The van der Waals surface area contributed by atoms with E-state index in [1.165, 1.54) is 6.07 Å². The largest absolute Gasteiger partial charge is 0.497 e. The molecule has 1 amide bonds. The Morgan fingerprint density at radius 2 is 1.80 bits per heavy atom. The van der Waals surface area contributed by atoms with E-state index in [-0.39, 0.29) is 12.8 Å². The Morgan fingerprint density at radius 3 is 2.36 bits per heavy atom. The van der Waals surface area contributed by atoms with Crippen molar-refractivity contribution >= 4 is 40.8 Å². The number of carbonyl (C=O) groups excluding carboxylic acids is 1. The molecule has 0 spiro atoms.